The molecule has 0 aliphatic carbocycles. The molecule has 1 heterocycles. The summed E-state index contributed by atoms with van der Waals surface area (Å²) < 4.78 is 0. The average Bonchev–Trinajstić information content (AvgIpc) is 3.41. The van der Waals surface area contributed by atoms with Gasteiger partial charge in [0.1, 0.15) is 0 Å². The molecule has 0 saturated heterocycles. The van der Waals surface area contributed by atoms with Crippen molar-refractivity contribution in [3.05, 3.63) is 129 Å². The predicted octanol–water partition coefficient (Wildman–Crippen LogP) is 5.18. The Labute approximate surface area is 246 Å². The normalized spacial score (nSPS) is 13.3. The third kappa shape index (κ3) is 8.36. The van der Waals surface area contributed by atoms with Crippen molar-refractivity contribution in [3.63, 3.8) is 0 Å². The molecule has 4 aromatic rings. The van der Waals surface area contributed by atoms with Crippen LogP contribution >= 0.6 is 11.3 Å². The molecule has 0 aliphatic heterocycles. The average molecular weight is 570 g/mol. The molecule has 0 bridgehead atoms. The van der Waals surface area contributed by atoms with Crippen LogP contribution in [0.15, 0.2) is 91.0 Å². The number of carbonyl (C=O) groups is 2. The van der Waals surface area contributed by atoms with E-state index in [1.165, 1.54) is 20.9 Å². The summed E-state index contributed by atoms with van der Waals surface area (Å²) in [6, 6.07) is 28.7. The maximum absolute atomic E-state index is 13.5. The van der Waals surface area contributed by atoms with Gasteiger partial charge in [0.25, 0.3) is 11.8 Å². The van der Waals surface area contributed by atoms with Crippen LogP contribution < -0.4 is 16.0 Å². The minimum atomic E-state index is -1.06. The van der Waals surface area contributed by atoms with Crippen molar-refractivity contribution in [2.24, 2.45) is 0 Å². The molecular formula is C34H39N3O3S. The standard InChI is InChI=1S/C34H39N3O3S/c1-24-12-15-26(16-13-24)18-20-35-23-31(38)34(3,29-10-5-4-6-11-29)37-33(40)28-9-7-8-27(22-28)32(39)36-21-19-30-17-14-25(2)41-30/h4-17,22,31,35,38H,18-21,23H2,1-3H3,(H,36,39)(H,37,40)/t31-,34+/m1/s1. The topological polar surface area (TPSA) is 90.5 Å². The highest BCUT2D eigenvalue weighted by Crippen LogP contribution is 2.26. The van der Waals surface area contributed by atoms with Gasteiger partial charge in [-0.3, -0.25) is 9.59 Å². The van der Waals surface area contributed by atoms with E-state index in [1.807, 2.05) is 37.3 Å². The van der Waals surface area contributed by atoms with E-state index < -0.39 is 11.6 Å². The first-order valence-electron chi connectivity index (χ1n) is 14.0. The molecule has 0 spiro atoms. The number of aryl methyl sites for hydroxylation is 2. The second-order valence-electron chi connectivity index (χ2n) is 10.6. The van der Waals surface area contributed by atoms with Crippen molar-refractivity contribution in [2.45, 2.75) is 45.3 Å². The number of benzene rings is 3. The molecule has 0 aliphatic rings. The largest absolute Gasteiger partial charge is 0.389 e. The van der Waals surface area contributed by atoms with Crippen LogP contribution in [0.25, 0.3) is 0 Å². The van der Waals surface area contributed by atoms with Crippen LogP contribution in [0.2, 0.25) is 0 Å². The Morgan fingerprint density at radius 2 is 1.54 bits per heavy atom. The van der Waals surface area contributed by atoms with Gasteiger partial charge in [0.2, 0.25) is 0 Å². The lowest BCUT2D eigenvalue weighted by atomic mass is 9.85. The van der Waals surface area contributed by atoms with Crippen LogP contribution in [-0.2, 0) is 18.4 Å². The monoisotopic (exact) mass is 569 g/mol. The van der Waals surface area contributed by atoms with Crippen molar-refractivity contribution < 1.29 is 14.7 Å². The van der Waals surface area contributed by atoms with E-state index in [-0.39, 0.29) is 11.8 Å². The summed E-state index contributed by atoms with van der Waals surface area (Å²) >= 11 is 1.72. The fourth-order valence-corrected chi connectivity index (χ4v) is 5.58. The molecule has 4 rings (SSSR count). The molecule has 1 aromatic heterocycles. The highest BCUT2D eigenvalue weighted by Gasteiger charge is 2.36. The van der Waals surface area contributed by atoms with Crippen LogP contribution in [0.4, 0.5) is 0 Å². The zero-order valence-electron chi connectivity index (χ0n) is 23.9. The number of aliphatic hydroxyl groups is 1. The Kier molecular flexibility index (Phi) is 10.5. The second-order valence-corrected chi connectivity index (χ2v) is 11.9. The van der Waals surface area contributed by atoms with Crippen LogP contribution in [0.5, 0.6) is 0 Å². The Morgan fingerprint density at radius 3 is 2.22 bits per heavy atom. The number of aliphatic hydroxyl groups excluding tert-OH is 1. The fourth-order valence-electron chi connectivity index (χ4n) is 4.69. The third-order valence-electron chi connectivity index (χ3n) is 7.30. The smallest absolute Gasteiger partial charge is 0.252 e. The highest BCUT2D eigenvalue weighted by atomic mass is 32.1. The minimum absolute atomic E-state index is 0.225. The summed E-state index contributed by atoms with van der Waals surface area (Å²) in [4.78, 5) is 28.8. The Balaban J connectivity index is 1.39. The Hall–Kier alpha value is -3.78. The number of carbonyl (C=O) groups excluding carboxylic acids is 2. The minimum Gasteiger partial charge on any atom is -0.389 e. The van der Waals surface area contributed by atoms with E-state index in [1.54, 1.807) is 35.6 Å². The van der Waals surface area contributed by atoms with Crippen LogP contribution in [0.1, 0.15) is 54.1 Å². The SMILES string of the molecule is Cc1ccc(CCNC[C@@H](O)[C@@](C)(NC(=O)c2cccc(C(=O)NCCc3ccc(C)s3)c2)c2ccccc2)cc1. The lowest BCUT2D eigenvalue weighted by Crippen LogP contribution is -2.55. The quantitative estimate of drug-likeness (QED) is 0.167. The first-order chi connectivity index (χ1) is 19.7. The fraction of sp³-hybridized carbons (Fsp3) is 0.294. The number of amides is 2. The molecule has 0 radical (unpaired) electrons. The van der Waals surface area contributed by atoms with E-state index in [4.69, 9.17) is 0 Å². The molecule has 41 heavy (non-hydrogen) atoms. The number of nitrogens with one attached hydrogen (secondary N) is 3. The van der Waals surface area contributed by atoms with Crippen LogP contribution in [0, 0.1) is 13.8 Å². The first kappa shape index (κ1) is 30.2. The van der Waals surface area contributed by atoms with Gasteiger partial charge in [-0.2, -0.15) is 0 Å². The molecule has 7 heteroatoms. The number of thiophene rings is 1. The van der Waals surface area contributed by atoms with Gasteiger partial charge in [-0.1, -0.05) is 66.2 Å². The molecule has 214 valence electrons. The Bertz CT molecular complexity index is 1440. The van der Waals surface area contributed by atoms with Gasteiger partial charge in [-0.15, -0.1) is 11.3 Å². The van der Waals surface area contributed by atoms with Gasteiger partial charge in [-0.25, -0.2) is 0 Å². The lowest BCUT2D eigenvalue weighted by molar-refractivity contribution is 0.0557. The maximum atomic E-state index is 13.5. The molecule has 0 fully saturated rings. The summed E-state index contributed by atoms with van der Waals surface area (Å²) in [5, 5.41) is 20.7. The summed E-state index contributed by atoms with van der Waals surface area (Å²) in [6.45, 7) is 7.47. The van der Waals surface area contributed by atoms with Gasteiger partial charge >= 0.3 is 0 Å². The number of rotatable bonds is 13. The molecular weight excluding hydrogens is 530 g/mol. The van der Waals surface area contributed by atoms with Crippen molar-refractivity contribution in [1.82, 2.24) is 16.0 Å². The van der Waals surface area contributed by atoms with Crippen molar-refractivity contribution >= 4 is 23.2 Å². The Morgan fingerprint density at radius 1 is 0.829 bits per heavy atom. The zero-order chi connectivity index (χ0) is 29.2. The number of hydrogen-bond donors (Lipinski definition) is 4. The second kappa shape index (κ2) is 14.2. The molecule has 6 nitrogen and oxygen atoms in total. The van der Waals surface area contributed by atoms with Gasteiger partial charge in [0, 0.05) is 34.0 Å². The first-order valence-corrected chi connectivity index (χ1v) is 14.8. The van der Waals surface area contributed by atoms with E-state index in [0.717, 1.165) is 18.4 Å². The van der Waals surface area contributed by atoms with Crippen molar-refractivity contribution in [3.8, 4) is 0 Å². The molecule has 0 saturated carbocycles. The summed E-state index contributed by atoms with van der Waals surface area (Å²) in [5.74, 6) is -0.588. The molecule has 3 aromatic carbocycles. The molecule has 0 unspecified atom stereocenters. The molecule has 2 amide bonds. The third-order valence-corrected chi connectivity index (χ3v) is 8.36. The van der Waals surface area contributed by atoms with Crippen molar-refractivity contribution in [2.75, 3.05) is 19.6 Å². The van der Waals surface area contributed by atoms with E-state index >= 15 is 0 Å². The lowest BCUT2D eigenvalue weighted by Gasteiger charge is -2.36. The molecule has 4 N–H and O–H groups in total. The highest BCUT2D eigenvalue weighted by molar-refractivity contribution is 7.11. The van der Waals surface area contributed by atoms with E-state index in [9.17, 15) is 14.7 Å². The zero-order valence-corrected chi connectivity index (χ0v) is 24.8. The van der Waals surface area contributed by atoms with Gasteiger partial charge in [0.05, 0.1) is 11.6 Å². The van der Waals surface area contributed by atoms with Gasteiger partial charge < -0.3 is 21.1 Å². The van der Waals surface area contributed by atoms with E-state index in [2.05, 4.69) is 66.2 Å². The molecule has 2 atom stereocenters. The van der Waals surface area contributed by atoms with Gasteiger partial charge in [-0.05, 0) is 81.6 Å². The van der Waals surface area contributed by atoms with E-state index in [0.29, 0.717) is 30.8 Å². The predicted molar refractivity (Wildman–Crippen MR) is 167 cm³/mol. The summed E-state index contributed by atoms with van der Waals surface area (Å²) in [7, 11) is 0. The number of hydrogen-bond acceptors (Lipinski definition) is 5. The van der Waals surface area contributed by atoms with Gasteiger partial charge in [0.15, 0.2) is 0 Å². The van der Waals surface area contributed by atoms with Crippen molar-refractivity contribution in [1.29, 1.82) is 0 Å². The van der Waals surface area contributed by atoms with Crippen LogP contribution in [0.3, 0.4) is 0 Å². The summed E-state index contributed by atoms with van der Waals surface area (Å²) in [6.07, 6.45) is 0.694. The van der Waals surface area contributed by atoms with Crippen LogP contribution in [-0.4, -0.2) is 42.7 Å². The summed E-state index contributed by atoms with van der Waals surface area (Å²) in [5.41, 5.74) is 2.95. The maximum Gasteiger partial charge on any atom is 0.252 e.